The van der Waals surface area contributed by atoms with E-state index in [2.05, 4.69) is 6.92 Å². The third-order valence-corrected chi connectivity index (χ3v) is 2.42. The fraction of sp³-hybridized carbons (Fsp3) is 0.900. The molecule has 1 heterocycles. The predicted molar refractivity (Wildman–Crippen MR) is 49.4 cm³/mol. The maximum atomic E-state index is 11.1. The Labute approximate surface area is 79.4 Å². The summed E-state index contributed by atoms with van der Waals surface area (Å²) in [7, 11) is 0. The van der Waals surface area contributed by atoms with Crippen LogP contribution in [0, 0.1) is 5.92 Å². The van der Waals surface area contributed by atoms with E-state index < -0.39 is 0 Å². The number of carbonyl (C=O) groups is 1. The van der Waals surface area contributed by atoms with E-state index in [4.69, 9.17) is 9.47 Å². The normalized spacial score (nSPS) is 33.3. The molecule has 0 bridgehead atoms. The van der Waals surface area contributed by atoms with Crippen molar-refractivity contribution >= 4 is 5.97 Å². The molecule has 3 atom stereocenters. The van der Waals surface area contributed by atoms with E-state index in [1.807, 2.05) is 13.8 Å². The first-order valence-electron chi connectivity index (χ1n) is 4.94. The molecule has 1 saturated heterocycles. The van der Waals surface area contributed by atoms with Gasteiger partial charge in [-0.3, -0.25) is 4.79 Å². The fourth-order valence-electron chi connectivity index (χ4n) is 1.80. The molecule has 0 aliphatic carbocycles. The van der Waals surface area contributed by atoms with E-state index in [9.17, 15) is 4.79 Å². The molecule has 3 nitrogen and oxygen atoms in total. The highest BCUT2D eigenvalue weighted by molar-refractivity contribution is 5.70. The van der Waals surface area contributed by atoms with Crippen molar-refractivity contribution in [2.45, 2.75) is 45.8 Å². The van der Waals surface area contributed by atoms with Crippen LogP contribution in [0.1, 0.15) is 33.6 Å². The Kier molecular flexibility index (Phi) is 3.72. The summed E-state index contributed by atoms with van der Waals surface area (Å²) >= 11 is 0. The number of ether oxygens (including phenoxy) is 2. The lowest BCUT2D eigenvalue weighted by Crippen LogP contribution is -2.20. The second-order valence-electron chi connectivity index (χ2n) is 3.71. The van der Waals surface area contributed by atoms with Gasteiger partial charge in [0.25, 0.3) is 0 Å². The molecule has 0 unspecified atom stereocenters. The summed E-state index contributed by atoms with van der Waals surface area (Å²) in [5.74, 6) is 0.327. The summed E-state index contributed by atoms with van der Waals surface area (Å²) in [4.78, 5) is 11.1. The third-order valence-electron chi connectivity index (χ3n) is 2.42. The first kappa shape index (κ1) is 10.5. The lowest BCUT2D eigenvalue weighted by molar-refractivity contribution is -0.146. The Balaban J connectivity index is 2.32. The number of esters is 1. The predicted octanol–water partition coefficient (Wildman–Crippen LogP) is 1.75. The Morgan fingerprint density at radius 3 is 2.69 bits per heavy atom. The van der Waals surface area contributed by atoms with Gasteiger partial charge in [0.15, 0.2) is 0 Å². The molecule has 0 spiro atoms. The molecule has 0 aromatic carbocycles. The Bertz CT molecular complexity index is 179. The average Bonchev–Trinajstić information content (AvgIpc) is 2.30. The van der Waals surface area contributed by atoms with E-state index in [1.165, 1.54) is 0 Å². The minimum absolute atomic E-state index is 0.0639. The van der Waals surface area contributed by atoms with Gasteiger partial charge in [0.2, 0.25) is 0 Å². The molecule has 0 aromatic heterocycles. The van der Waals surface area contributed by atoms with Gasteiger partial charge in [0.05, 0.1) is 25.2 Å². The van der Waals surface area contributed by atoms with Crippen LogP contribution < -0.4 is 0 Å². The van der Waals surface area contributed by atoms with E-state index in [-0.39, 0.29) is 18.2 Å². The summed E-state index contributed by atoms with van der Waals surface area (Å²) < 4.78 is 10.5. The zero-order valence-corrected chi connectivity index (χ0v) is 8.58. The Morgan fingerprint density at radius 2 is 2.23 bits per heavy atom. The molecule has 1 aliphatic rings. The standard InChI is InChI=1S/C10H18O3/c1-4-12-10(11)6-9-7(2)5-8(3)13-9/h7-9H,4-6H2,1-3H3/t7-,8+,9+/m1/s1. The second-order valence-corrected chi connectivity index (χ2v) is 3.71. The van der Waals surface area contributed by atoms with E-state index in [0.717, 1.165) is 6.42 Å². The van der Waals surface area contributed by atoms with Crippen LogP contribution in [0.3, 0.4) is 0 Å². The zero-order chi connectivity index (χ0) is 9.84. The summed E-state index contributed by atoms with van der Waals surface area (Å²) in [6.45, 7) is 6.43. The SMILES string of the molecule is CCOC(=O)C[C@@H]1O[C@@H](C)C[C@H]1C. The van der Waals surface area contributed by atoms with Crippen LogP contribution in [0.5, 0.6) is 0 Å². The molecule has 0 radical (unpaired) electrons. The summed E-state index contributed by atoms with van der Waals surface area (Å²) in [5, 5.41) is 0. The van der Waals surface area contributed by atoms with Crippen molar-refractivity contribution in [2.24, 2.45) is 5.92 Å². The summed E-state index contributed by atoms with van der Waals surface area (Å²) in [5.41, 5.74) is 0. The first-order valence-corrected chi connectivity index (χ1v) is 4.94. The zero-order valence-electron chi connectivity index (χ0n) is 8.58. The quantitative estimate of drug-likeness (QED) is 0.630. The van der Waals surface area contributed by atoms with Gasteiger partial charge in [0, 0.05) is 0 Å². The molecule has 0 aromatic rings. The van der Waals surface area contributed by atoms with Crippen molar-refractivity contribution in [3.63, 3.8) is 0 Å². The van der Waals surface area contributed by atoms with Crippen LogP contribution in [0.4, 0.5) is 0 Å². The molecule has 76 valence electrons. The highest BCUT2D eigenvalue weighted by atomic mass is 16.5. The largest absolute Gasteiger partial charge is 0.466 e. The van der Waals surface area contributed by atoms with E-state index in [0.29, 0.717) is 18.9 Å². The van der Waals surface area contributed by atoms with Gasteiger partial charge in [-0.25, -0.2) is 0 Å². The minimum atomic E-state index is -0.145. The molecular weight excluding hydrogens is 168 g/mol. The molecule has 1 aliphatic heterocycles. The highest BCUT2D eigenvalue weighted by Gasteiger charge is 2.31. The topological polar surface area (TPSA) is 35.5 Å². The lowest BCUT2D eigenvalue weighted by Gasteiger charge is -2.13. The number of hydrogen-bond donors (Lipinski definition) is 0. The van der Waals surface area contributed by atoms with Crippen LogP contribution in [-0.4, -0.2) is 24.8 Å². The van der Waals surface area contributed by atoms with Crippen LogP contribution in [-0.2, 0) is 14.3 Å². The van der Waals surface area contributed by atoms with Crippen molar-refractivity contribution in [1.82, 2.24) is 0 Å². The molecule has 1 fully saturated rings. The van der Waals surface area contributed by atoms with Gasteiger partial charge < -0.3 is 9.47 Å². The summed E-state index contributed by atoms with van der Waals surface area (Å²) in [6.07, 6.45) is 1.80. The van der Waals surface area contributed by atoms with Crippen LogP contribution >= 0.6 is 0 Å². The number of rotatable bonds is 3. The Morgan fingerprint density at radius 1 is 1.54 bits per heavy atom. The third kappa shape index (κ3) is 2.99. The van der Waals surface area contributed by atoms with Crippen molar-refractivity contribution in [1.29, 1.82) is 0 Å². The molecule has 0 N–H and O–H groups in total. The maximum absolute atomic E-state index is 11.1. The molecule has 1 rings (SSSR count). The Hall–Kier alpha value is -0.570. The molecule has 0 saturated carbocycles. The van der Waals surface area contributed by atoms with Crippen LogP contribution in [0.15, 0.2) is 0 Å². The van der Waals surface area contributed by atoms with Crippen LogP contribution in [0.25, 0.3) is 0 Å². The lowest BCUT2D eigenvalue weighted by atomic mass is 10.00. The average molecular weight is 186 g/mol. The van der Waals surface area contributed by atoms with Crippen molar-refractivity contribution in [3.05, 3.63) is 0 Å². The maximum Gasteiger partial charge on any atom is 0.308 e. The van der Waals surface area contributed by atoms with Gasteiger partial charge in [-0.2, -0.15) is 0 Å². The first-order chi connectivity index (χ1) is 6.13. The molecular formula is C10H18O3. The number of hydrogen-bond acceptors (Lipinski definition) is 3. The highest BCUT2D eigenvalue weighted by Crippen LogP contribution is 2.27. The van der Waals surface area contributed by atoms with Gasteiger partial charge in [0.1, 0.15) is 0 Å². The monoisotopic (exact) mass is 186 g/mol. The van der Waals surface area contributed by atoms with Gasteiger partial charge >= 0.3 is 5.97 Å². The molecule has 0 amide bonds. The van der Waals surface area contributed by atoms with Gasteiger partial charge in [-0.1, -0.05) is 6.92 Å². The second kappa shape index (κ2) is 4.61. The smallest absolute Gasteiger partial charge is 0.308 e. The van der Waals surface area contributed by atoms with Crippen molar-refractivity contribution in [3.8, 4) is 0 Å². The van der Waals surface area contributed by atoms with E-state index in [1.54, 1.807) is 0 Å². The van der Waals surface area contributed by atoms with Crippen molar-refractivity contribution < 1.29 is 14.3 Å². The molecule has 13 heavy (non-hydrogen) atoms. The van der Waals surface area contributed by atoms with Crippen molar-refractivity contribution in [2.75, 3.05) is 6.61 Å². The number of carbonyl (C=O) groups excluding carboxylic acids is 1. The fourth-order valence-corrected chi connectivity index (χ4v) is 1.80. The minimum Gasteiger partial charge on any atom is -0.466 e. The van der Waals surface area contributed by atoms with Gasteiger partial charge in [-0.05, 0) is 26.2 Å². The summed E-state index contributed by atoms with van der Waals surface area (Å²) in [6, 6.07) is 0. The van der Waals surface area contributed by atoms with Gasteiger partial charge in [-0.15, -0.1) is 0 Å². The molecule has 3 heteroatoms. The van der Waals surface area contributed by atoms with Crippen LogP contribution in [0.2, 0.25) is 0 Å². The van der Waals surface area contributed by atoms with E-state index >= 15 is 0 Å².